The SMILES string of the molecule is CCOc1ccc(C(F)(F)F)cc1N=C(NC#N)SC. The lowest BCUT2D eigenvalue weighted by atomic mass is 10.2. The number of aliphatic imine (C=N–C) groups is 1. The van der Waals surface area contributed by atoms with E-state index in [-0.39, 0.29) is 16.6 Å². The van der Waals surface area contributed by atoms with Crippen LogP contribution in [0.2, 0.25) is 0 Å². The molecule has 8 heteroatoms. The van der Waals surface area contributed by atoms with E-state index < -0.39 is 11.7 Å². The van der Waals surface area contributed by atoms with E-state index in [1.54, 1.807) is 19.4 Å². The van der Waals surface area contributed by atoms with Crippen molar-refractivity contribution >= 4 is 22.6 Å². The highest BCUT2D eigenvalue weighted by atomic mass is 32.2. The van der Waals surface area contributed by atoms with Crippen LogP contribution < -0.4 is 10.1 Å². The molecule has 1 aromatic rings. The molecule has 0 bridgehead atoms. The number of hydrogen-bond acceptors (Lipinski definition) is 4. The predicted molar refractivity (Wildman–Crippen MR) is 72.0 cm³/mol. The standard InChI is InChI=1S/C12H12F3N3OS/c1-3-19-10-5-4-8(12(13,14)15)6-9(10)18-11(20-2)17-7-16/h4-6H,3H2,1-2H3,(H,17,18). The Morgan fingerprint density at radius 2 is 2.20 bits per heavy atom. The molecule has 0 spiro atoms. The topological polar surface area (TPSA) is 57.4 Å². The van der Waals surface area contributed by atoms with E-state index >= 15 is 0 Å². The smallest absolute Gasteiger partial charge is 0.416 e. The minimum Gasteiger partial charge on any atom is -0.492 e. The van der Waals surface area contributed by atoms with Gasteiger partial charge in [0.1, 0.15) is 11.4 Å². The normalized spacial score (nSPS) is 11.9. The fraction of sp³-hybridized carbons (Fsp3) is 0.333. The van der Waals surface area contributed by atoms with E-state index in [1.165, 1.54) is 6.07 Å². The summed E-state index contributed by atoms with van der Waals surface area (Å²) in [5, 5.41) is 11.0. The van der Waals surface area contributed by atoms with E-state index in [0.717, 1.165) is 23.9 Å². The molecule has 0 atom stereocenters. The Labute approximate surface area is 118 Å². The molecular formula is C12H12F3N3OS. The van der Waals surface area contributed by atoms with Gasteiger partial charge in [0.2, 0.25) is 0 Å². The first kappa shape index (κ1) is 16.2. The molecule has 1 N–H and O–H groups in total. The third-order valence-electron chi connectivity index (χ3n) is 2.16. The van der Waals surface area contributed by atoms with Gasteiger partial charge in [-0.1, -0.05) is 11.8 Å². The molecular weight excluding hydrogens is 291 g/mol. The quantitative estimate of drug-likeness (QED) is 0.402. The monoisotopic (exact) mass is 303 g/mol. The molecule has 20 heavy (non-hydrogen) atoms. The Morgan fingerprint density at radius 1 is 1.50 bits per heavy atom. The fourth-order valence-corrected chi connectivity index (χ4v) is 1.68. The van der Waals surface area contributed by atoms with Gasteiger partial charge < -0.3 is 4.74 Å². The summed E-state index contributed by atoms with van der Waals surface area (Å²) in [6, 6.07) is 3.04. The molecule has 0 fully saturated rings. The van der Waals surface area contributed by atoms with Crippen molar-refractivity contribution in [1.29, 1.82) is 5.26 Å². The third-order valence-corrected chi connectivity index (χ3v) is 2.74. The number of nitriles is 1. The van der Waals surface area contributed by atoms with Crippen LogP contribution in [-0.4, -0.2) is 18.0 Å². The molecule has 0 amide bonds. The third kappa shape index (κ3) is 4.35. The van der Waals surface area contributed by atoms with E-state index in [4.69, 9.17) is 10.00 Å². The Hall–Kier alpha value is -1.88. The van der Waals surface area contributed by atoms with Crippen LogP contribution >= 0.6 is 11.8 Å². The van der Waals surface area contributed by atoms with Crippen LogP contribution in [0.3, 0.4) is 0 Å². The van der Waals surface area contributed by atoms with Crippen molar-refractivity contribution in [2.75, 3.05) is 12.9 Å². The molecule has 4 nitrogen and oxygen atoms in total. The molecule has 1 rings (SSSR count). The molecule has 1 aromatic carbocycles. The summed E-state index contributed by atoms with van der Waals surface area (Å²) in [4.78, 5) is 3.98. The molecule has 0 aliphatic heterocycles. The van der Waals surface area contributed by atoms with Crippen molar-refractivity contribution in [3.05, 3.63) is 23.8 Å². The summed E-state index contributed by atoms with van der Waals surface area (Å²) in [7, 11) is 0. The Bertz CT molecular complexity index is 538. The first-order valence-corrected chi connectivity index (χ1v) is 6.76. The summed E-state index contributed by atoms with van der Waals surface area (Å²) in [6.07, 6.45) is -1.14. The lowest BCUT2D eigenvalue weighted by molar-refractivity contribution is -0.137. The first-order valence-electron chi connectivity index (χ1n) is 5.54. The van der Waals surface area contributed by atoms with Crippen LogP contribution in [0, 0.1) is 11.5 Å². The number of thioether (sulfide) groups is 1. The number of alkyl halides is 3. The maximum absolute atomic E-state index is 12.7. The number of amidine groups is 1. The van der Waals surface area contributed by atoms with Crippen molar-refractivity contribution < 1.29 is 17.9 Å². The van der Waals surface area contributed by atoms with Crippen molar-refractivity contribution in [3.8, 4) is 11.9 Å². The average molecular weight is 303 g/mol. The molecule has 0 heterocycles. The Kier molecular flexibility index (Phi) is 5.70. The lowest BCUT2D eigenvalue weighted by Crippen LogP contribution is -2.12. The summed E-state index contributed by atoms with van der Waals surface area (Å²) >= 11 is 1.11. The van der Waals surface area contributed by atoms with Gasteiger partial charge in [-0.05, 0) is 31.4 Å². The van der Waals surface area contributed by atoms with Crippen molar-refractivity contribution in [1.82, 2.24) is 5.32 Å². The molecule has 0 radical (unpaired) electrons. The minimum atomic E-state index is -4.46. The second kappa shape index (κ2) is 7.05. The number of rotatable bonds is 3. The largest absolute Gasteiger partial charge is 0.492 e. The first-order chi connectivity index (χ1) is 9.42. The van der Waals surface area contributed by atoms with Gasteiger partial charge >= 0.3 is 6.18 Å². The number of nitrogens with zero attached hydrogens (tertiary/aromatic N) is 2. The van der Waals surface area contributed by atoms with Gasteiger partial charge in [-0.25, -0.2) is 4.99 Å². The van der Waals surface area contributed by atoms with Crippen LogP contribution in [0.15, 0.2) is 23.2 Å². The van der Waals surface area contributed by atoms with Crippen LogP contribution in [0.5, 0.6) is 5.75 Å². The molecule has 0 aliphatic carbocycles. The van der Waals surface area contributed by atoms with Gasteiger partial charge in [-0.15, -0.1) is 0 Å². The van der Waals surface area contributed by atoms with Crippen molar-refractivity contribution in [2.24, 2.45) is 4.99 Å². The summed E-state index contributed by atoms with van der Waals surface area (Å²) in [5.41, 5.74) is -0.800. The van der Waals surface area contributed by atoms with Gasteiger partial charge in [-0.3, -0.25) is 5.32 Å². The second-order valence-electron chi connectivity index (χ2n) is 3.47. The Balaban J connectivity index is 3.28. The van der Waals surface area contributed by atoms with Crippen molar-refractivity contribution in [2.45, 2.75) is 13.1 Å². The molecule has 108 valence electrons. The molecule has 0 aliphatic rings. The number of nitrogens with one attached hydrogen (secondary N) is 1. The summed E-state index contributed by atoms with van der Waals surface area (Å²) in [6.45, 7) is 2.02. The zero-order valence-corrected chi connectivity index (χ0v) is 11.6. The number of benzene rings is 1. The van der Waals surface area contributed by atoms with Crippen LogP contribution in [0.25, 0.3) is 0 Å². The lowest BCUT2D eigenvalue weighted by Gasteiger charge is -2.12. The van der Waals surface area contributed by atoms with E-state index in [2.05, 4.69) is 10.3 Å². The molecule has 0 aromatic heterocycles. The maximum Gasteiger partial charge on any atom is 0.416 e. The van der Waals surface area contributed by atoms with Gasteiger partial charge in [0.25, 0.3) is 0 Å². The highest BCUT2D eigenvalue weighted by Gasteiger charge is 2.31. The van der Waals surface area contributed by atoms with Gasteiger partial charge in [0.05, 0.1) is 12.2 Å². The highest BCUT2D eigenvalue weighted by Crippen LogP contribution is 2.36. The van der Waals surface area contributed by atoms with Gasteiger partial charge in [0.15, 0.2) is 11.4 Å². The van der Waals surface area contributed by atoms with Crippen LogP contribution in [-0.2, 0) is 6.18 Å². The number of ether oxygens (including phenoxy) is 1. The van der Waals surface area contributed by atoms with Crippen molar-refractivity contribution in [3.63, 3.8) is 0 Å². The molecule has 0 saturated carbocycles. The second-order valence-corrected chi connectivity index (χ2v) is 4.27. The van der Waals surface area contributed by atoms with Crippen LogP contribution in [0.4, 0.5) is 18.9 Å². The zero-order valence-electron chi connectivity index (χ0n) is 10.8. The highest BCUT2D eigenvalue weighted by molar-refractivity contribution is 8.13. The van der Waals surface area contributed by atoms with Gasteiger partial charge in [0, 0.05) is 0 Å². The van der Waals surface area contributed by atoms with Crippen LogP contribution in [0.1, 0.15) is 12.5 Å². The number of hydrogen-bond donors (Lipinski definition) is 1. The predicted octanol–water partition coefficient (Wildman–Crippen LogP) is 3.53. The zero-order chi connectivity index (χ0) is 15.2. The average Bonchev–Trinajstić information content (AvgIpc) is 2.39. The fourth-order valence-electron chi connectivity index (χ4n) is 1.34. The summed E-state index contributed by atoms with van der Waals surface area (Å²) < 4.78 is 43.3. The molecule has 0 saturated heterocycles. The Morgan fingerprint density at radius 3 is 2.70 bits per heavy atom. The minimum absolute atomic E-state index is 0.0220. The van der Waals surface area contributed by atoms with E-state index in [0.29, 0.717) is 6.61 Å². The summed E-state index contributed by atoms with van der Waals surface area (Å²) in [5.74, 6) is 0.229. The van der Waals surface area contributed by atoms with E-state index in [1.807, 2.05) is 0 Å². The number of halogens is 3. The molecule has 0 unspecified atom stereocenters. The maximum atomic E-state index is 12.7. The van der Waals surface area contributed by atoms with Gasteiger partial charge in [-0.2, -0.15) is 18.4 Å². The van der Waals surface area contributed by atoms with E-state index in [9.17, 15) is 13.2 Å².